The first-order valence-electron chi connectivity index (χ1n) is 10.3. The molecule has 8 nitrogen and oxygen atoms in total. The van der Waals surface area contributed by atoms with Crippen molar-refractivity contribution in [2.24, 2.45) is 0 Å². The number of benzene rings is 1. The molecule has 0 N–H and O–H groups in total. The molecule has 2 amide bonds. The molecule has 1 aromatic carbocycles. The maximum absolute atomic E-state index is 12.8. The lowest BCUT2D eigenvalue weighted by atomic mass is 10.1. The van der Waals surface area contributed by atoms with Crippen LogP contribution in [0.3, 0.4) is 0 Å². The maximum Gasteiger partial charge on any atom is 0.244 e. The highest BCUT2D eigenvalue weighted by molar-refractivity contribution is 5.81. The largest absolute Gasteiger partial charge is 0.342 e. The van der Waals surface area contributed by atoms with Crippen molar-refractivity contribution in [3.63, 3.8) is 0 Å². The summed E-state index contributed by atoms with van der Waals surface area (Å²) in [7, 11) is 0. The summed E-state index contributed by atoms with van der Waals surface area (Å²) in [6.45, 7) is 4.89. The third-order valence-electron chi connectivity index (χ3n) is 5.84. The molecule has 2 saturated heterocycles. The van der Waals surface area contributed by atoms with E-state index >= 15 is 0 Å². The number of hydrogen-bond donors (Lipinski definition) is 0. The van der Waals surface area contributed by atoms with Gasteiger partial charge in [0.15, 0.2) is 0 Å². The number of fused-ring (bicyclic) bond motifs is 1. The number of piperazine rings is 1. The summed E-state index contributed by atoms with van der Waals surface area (Å²) in [6.07, 6.45) is 4.67. The van der Waals surface area contributed by atoms with Crippen LogP contribution in [-0.4, -0.2) is 82.1 Å². The van der Waals surface area contributed by atoms with Crippen LogP contribution in [0.5, 0.6) is 0 Å². The molecule has 154 valence electrons. The van der Waals surface area contributed by atoms with Crippen molar-refractivity contribution >= 4 is 22.7 Å². The third-order valence-corrected chi connectivity index (χ3v) is 5.84. The number of likely N-dealkylation sites (tertiary alicyclic amines) is 1. The number of nitrogens with zero attached hydrogens (tertiary/aromatic N) is 5. The smallest absolute Gasteiger partial charge is 0.244 e. The lowest BCUT2D eigenvalue weighted by Crippen LogP contribution is -2.52. The summed E-state index contributed by atoms with van der Waals surface area (Å²) in [5.41, 5.74) is 0.524. The molecule has 2 aromatic rings. The molecule has 8 heteroatoms. The summed E-state index contributed by atoms with van der Waals surface area (Å²) >= 11 is 0. The number of rotatable bonds is 4. The summed E-state index contributed by atoms with van der Waals surface area (Å²) in [5.74, 6) is 0.182. The monoisotopic (exact) mass is 397 g/mol. The first-order chi connectivity index (χ1) is 14.1. The second-order valence-corrected chi connectivity index (χ2v) is 7.78. The minimum atomic E-state index is -0.142. The Morgan fingerprint density at radius 1 is 0.828 bits per heavy atom. The van der Waals surface area contributed by atoms with Crippen molar-refractivity contribution in [3.05, 3.63) is 40.7 Å². The molecule has 0 spiro atoms. The minimum Gasteiger partial charge on any atom is -0.342 e. The Bertz CT molecular complexity index is 943. The highest BCUT2D eigenvalue weighted by Crippen LogP contribution is 2.11. The Morgan fingerprint density at radius 2 is 1.48 bits per heavy atom. The lowest BCUT2D eigenvalue weighted by molar-refractivity contribution is -0.136. The van der Waals surface area contributed by atoms with E-state index in [4.69, 9.17) is 0 Å². The zero-order valence-electron chi connectivity index (χ0n) is 16.6. The fourth-order valence-corrected chi connectivity index (χ4v) is 4.11. The molecule has 4 rings (SSSR count). The number of carbonyl (C=O) groups excluding carboxylic acids is 2. The van der Waals surface area contributed by atoms with Crippen LogP contribution in [0.15, 0.2) is 35.3 Å². The Balaban J connectivity index is 1.32. The molecule has 0 radical (unpaired) electrons. The van der Waals surface area contributed by atoms with Crippen LogP contribution in [0.1, 0.15) is 19.3 Å². The van der Waals surface area contributed by atoms with E-state index in [0.717, 1.165) is 25.9 Å². The Hall–Kier alpha value is -2.74. The predicted molar refractivity (Wildman–Crippen MR) is 109 cm³/mol. The fraction of sp³-hybridized carbons (Fsp3) is 0.524. The molecule has 2 aliphatic rings. The van der Waals surface area contributed by atoms with Crippen LogP contribution in [-0.2, 0) is 16.1 Å². The van der Waals surface area contributed by atoms with Gasteiger partial charge >= 0.3 is 0 Å². The van der Waals surface area contributed by atoms with Crippen molar-refractivity contribution in [2.45, 2.75) is 25.8 Å². The van der Waals surface area contributed by atoms with Gasteiger partial charge in [-0.15, -0.1) is 0 Å². The zero-order chi connectivity index (χ0) is 20.2. The van der Waals surface area contributed by atoms with Crippen LogP contribution >= 0.6 is 0 Å². The molecule has 0 saturated carbocycles. The van der Waals surface area contributed by atoms with Crippen LogP contribution in [0.2, 0.25) is 0 Å². The van der Waals surface area contributed by atoms with Gasteiger partial charge in [0.05, 0.1) is 18.3 Å². The van der Waals surface area contributed by atoms with Gasteiger partial charge in [-0.05, 0) is 31.4 Å². The van der Waals surface area contributed by atoms with Crippen molar-refractivity contribution in [2.75, 3.05) is 45.8 Å². The second-order valence-electron chi connectivity index (χ2n) is 7.78. The van der Waals surface area contributed by atoms with Gasteiger partial charge in [0, 0.05) is 44.7 Å². The molecule has 3 heterocycles. The van der Waals surface area contributed by atoms with Crippen molar-refractivity contribution < 1.29 is 9.59 Å². The van der Waals surface area contributed by atoms with Gasteiger partial charge in [-0.1, -0.05) is 12.1 Å². The van der Waals surface area contributed by atoms with Gasteiger partial charge in [-0.25, -0.2) is 0 Å². The Kier molecular flexibility index (Phi) is 5.89. The number of piperidine rings is 1. The average Bonchev–Trinajstić information content (AvgIpc) is 2.77. The lowest BCUT2D eigenvalue weighted by Gasteiger charge is -2.36. The topological polar surface area (TPSA) is 78.8 Å². The summed E-state index contributed by atoms with van der Waals surface area (Å²) in [5, 5.41) is 4.71. The van der Waals surface area contributed by atoms with E-state index in [2.05, 4.69) is 10.00 Å². The first kappa shape index (κ1) is 19.6. The van der Waals surface area contributed by atoms with Gasteiger partial charge in [-0.3, -0.25) is 24.0 Å². The first-order valence-corrected chi connectivity index (χ1v) is 10.3. The van der Waals surface area contributed by atoms with Crippen molar-refractivity contribution in [3.8, 4) is 0 Å². The van der Waals surface area contributed by atoms with Crippen LogP contribution in [0.25, 0.3) is 10.9 Å². The van der Waals surface area contributed by atoms with E-state index in [1.54, 1.807) is 22.9 Å². The minimum absolute atomic E-state index is 0.0201. The van der Waals surface area contributed by atoms with Gasteiger partial charge < -0.3 is 9.80 Å². The van der Waals surface area contributed by atoms with Crippen LogP contribution < -0.4 is 5.43 Å². The Morgan fingerprint density at radius 3 is 2.24 bits per heavy atom. The van der Waals surface area contributed by atoms with E-state index < -0.39 is 0 Å². The van der Waals surface area contributed by atoms with Crippen LogP contribution in [0, 0.1) is 0 Å². The second kappa shape index (κ2) is 8.73. The normalized spacial score (nSPS) is 18.2. The molecule has 0 atom stereocenters. The van der Waals surface area contributed by atoms with Crippen LogP contribution in [0.4, 0.5) is 0 Å². The molecule has 1 aromatic heterocycles. The number of hydrogen-bond acceptors (Lipinski definition) is 5. The highest BCUT2D eigenvalue weighted by atomic mass is 16.2. The van der Waals surface area contributed by atoms with E-state index in [-0.39, 0.29) is 23.8 Å². The summed E-state index contributed by atoms with van der Waals surface area (Å²) in [4.78, 5) is 43.1. The quantitative estimate of drug-likeness (QED) is 0.753. The number of carbonyl (C=O) groups is 2. The molecule has 0 bridgehead atoms. The number of para-hydroxylation sites is 1. The standard InChI is InChI=1S/C21H27N5O3/c27-19-14-22-26(18-7-3-2-6-17(18)19)16-21(29)25-12-10-23(11-13-25)15-20(28)24-8-4-1-5-9-24/h2-3,6-7,14H,1,4-5,8-13,15-16H2. The average molecular weight is 397 g/mol. The molecular weight excluding hydrogens is 370 g/mol. The zero-order valence-corrected chi connectivity index (χ0v) is 16.6. The van der Waals surface area contributed by atoms with E-state index in [1.165, 1.54) is 12.6 Å². The molecular formula is C21H27N5O3. The van der Waals surface area contributed by atoms with Gasteiger partial charge in [0.25, 0.3) is 0 Å². The van der Waals surface area contributed by atoms with Gasteiger partial charge in [0.2, 0.25) is 17.2 Å². The molecule has 0 aliphatic carbocycles. The maximum atomic E-state index is 12.8. The van der Waals surface area contributed by atoms with Gasteiger partial charge in [-0.2, -0.15) is 5.10 Å². The molecule has 0 unspecified atom stereocenters. The number of aromatic nitrogens is 2. The third kappa shape index (κ3) is 4.48. The Labute approximate surface area is 169 Å². The molecule has 2 fully saturated rings. The molecule has 29 heavy (non-hydrogen) atoms. The van der Waals surface area contributed by atoms with E-state index in [9.17, 15) is 14.4 Å². The fourth-order valence-electron chi connectivity index (χ4n) is 4.11. The van der Waals surface area contributed by atoms with Crippen molar-refractivity contribution in [1.29, 1.82) is 0 Å². The number of amides is 2. The van der Waals surface area contributed by atoms with Crippen molar-refractivity contribution in [1.82, 2.24) is 24.5 Å². The van der Waals surface area contributed by atoms with E-state index in [0.29, 0.717) is 43.6 Å². The molecule has 2 aliphatic heterocycles. The SMILES string of the molecule is O=C(CN1CCN(C(=O)Cn2ncc(=O)c3ccccc32)CC1)N1CCCCC1. The predicted octanol–water partition coefficient (Wildman–Crippen LogP) is 0.553. The summed E-state index contributed by atoms with van der Waals surface area (Å²) in [6, 6.07) is 7.20. The van der Waals surface area contributed by atoms with E-state index in [1.807, 2.05) is 15.9 Å². The van der Waals surface area contributed by atoms with Gasteiger partial charge in [0.1, 0.15) is 6.54 Å². The summed E-state index contributed by atoms with van der Waals surface area (Å²) < 4.78 is 1.59. The highest BCUT2D eigenvalue weighted by Gasteiger charge is 2.25.